The first kappa shape index (κ1) is 35.7. The average molecular weight is 789 g/mol. The molecule has 0 unspecified atom stereocenters. The fourth-order valence-corrected chi connectivity index (χ4v) is 10.6. The van der Waals surface area contributed by atoms with Crippen LogP contribution in [0, 0.1) is 0 Å². The second-order valence-electron chi connectivity index (χ2n) is 18.4. The molecule has 0 bridgehead atoms. The van der Waals surface area contributed by atoms with Crippen molar-refractivity contribution in [3.63, 3.8) is 0 Å². The Morgan fingerprint density at radius 2 is 1.25 bits per heavy atom. The second-order valence-corrected chi connectivity index (χ2v) is 18.4. The molecule has 0 amide bonds. The summed E-state index contributed by atoms with van der Waals surface area (Å²) in [6.45, 7) is 11.5. The molecule has 10 aromatic rings. The van der Waals surface area contributed by atoms with E-state index in [0.717, 1.165) is 60.9 Å². The lowest BCUT2D eigenvalue weighted by Crippen LogP contribution is -2.29. The van der Waals surface area contributed by atoms with E-state index in [1.54, 1.807) is 0 Å². The third-order valence-electron chi connectivity index (χ3n) is 13.4. The summed E-state index contributed by atoms with van der Waals surface area (Å²) >= 11 is 0. The van der Waals surface area contributed by atoms with Crippen LogP contribution in [0.25, 0.3) is 61.2 Å². The fraction of sp³-hybridized carbons (Fsp3) is 0.140. The molecule has 0 saturated heterocycles. The largest absolute Gasteiger partial charge is 0.456 e. The summed E-state index contributed by atoms with van der Waals surface area (Å²) in [4.78, 5) is 7.30. The van der Waals surface area contributed by atoms with Gasteiger partial charge < -0.3 is 13.7 Å². The third kappa shape index (κ3) is 5.02. The number of pyridine rings is 1. The average Bonchev–Trinajstić information content (AvgIpc) is 4.01. The number of nitrogens with zero attached hydrogens (tertiary/aromatic N) is 2. The molecule has 2 aliphatic carbocycles. The highest BCUT2D eigenvalue weighted by Gasteiger charge is 2.51. The van der Waals surface area contributed by atoms with Crippen LogP contribution in [0.4, 0.5) is 17.1 Å². The molecule has 0 spiro atoms. The van der Waals surface area contributed by atoms with Crippen molar-refractivity contribution < 1.29 is 8.83 Å². The van der Waals surface area contributed by atoms with Gasteiger partial charge in [-0.05, 0) is 98.5 Å². The molecule has 7 aromatic carbocycles. The fourth-order valence-electron chi connectivity index (χ4n) is 10.6. The summed E-state index contributed by atoms with van der Waals surface area (Å²) in [5.41, 5.74) is 16.4. The van der Waals surface area contributed by atoms with E-state index in [9.17, 15) is 0 Å². The number of furan rings is 2. The number of allylic oxidation sites excluding steroid dienone is 1. The summed E-state index contributed by atoms with van der Waals surface area (Å²) in [7, 11) is 0. The van der Waals surface area contributed by atoms with Crippen molar-refractivity contribution in [2.45, 2.75) is 50.9 Å². The van der Waals surface area contributed by atoms with Crippen molar-refractivity contribution in [1.82, 2.24) is 4.98 Å². The van der Waals surface area contributed by atoms with Crippen molar-refractivity contribution in [2.75, 3.05) is 4.90 Å². The van der Waals surface area contributed by atoms with E-state index in [1.165, 1.54) is 44.5 Å². The zero-order chi connectivity index (χ0) is 41.3. The maximum Gasteiger partial charge on any atom is 0.227 e. The zero-order valence-corrected chi connectivity index (χ0v) is 35.0. The highest BCUT2D eigenvalue weighted by Crippen LogP contribution is 2.63. The van der Waals surface area contributed by atoms with E-state index in [1.807, 2.05) is 24.4 Å². The van der Waals surface area contributed by atoms with E-state index >= 15 is 0 Å². The van der Waals surface area contributed by atoms with Gasteiger partial charge in [-0.25, -0.2) is 4.98 Å². The molecule has 61 heavy (non-hydrogen) atoms. The van der Waals surface area contributed by atoms with Gasteiger partial charge in [0.05, 0.1) is 21.9 Å². The second kappa shape index (κ2) is 12.7. The van der Waals surface area contributed by atoms with E-state index in [2.05, 4.69) is 191 Å². The number of para-hydroxylation sites is 1. The monoisotopic (exact) mass is 788 g/mol. The molecular formula is C57H44N2O2. The first-order chi connectivity index (χ1) is 29.6. The van der Waals surface area contributed by atoms with Gasteiger partial charge in [0.2, 0.25) is 5.71 Å². The van der Waals surface area contributed by atoms with Crippen LogP contribution in [0.2, 0.25) is 0 Å². The van der Waals surface area contributed by atoms with Crippen LogP contribution in [0.15, 0.2) is 179 Å². The van der Waals surface area contributed by atoms with Gasteiger partial charge in [0, 0.05) is 45.4 Å². The van der Waals surface area contributed by atoms with Crippen molar-refractivity contribution in [3.8, 4) is 11.1 Å². The highest BCUT2D eigenvalue weighted by molar-refractivity contribution is 6.19. The first-order valence-electron chi connectivity index (χ1n) is 21.3. The Balaban J connectivity index is 1.26. The molecule has 0 atom stereocenters. The lowest BCUT2D eigenvalue weighted by molar-refractivity contribution is 0.590. The van der Waals surface area contributed by atoms with E-state index in [4.69, 9.17) is 13.8 Å². The molecule has 4 nitrogen and oxygen atoms in total. The quantitative estimate of drug-likeness (QED) is 0.174. The molecule has 0 N–H and O–H groups in total. The Morgan fingerprint density at radius 1 is 0.574 bits per heavy atom. The van der Waals surface area contributed by atoms with Crippen LogP contribution in [0.5, 0.6) is 0 Å². The van der Waals surface area contributed by atoms with Crippen LogP contribution in [-0.2, 0) is 16.2 Å². The summed E-state index contributed by atoms with van der Waals surface area (Å²) in [6, 6.07) is 57.5. The van der Waals surface area contributed by atoms with Crippen LogP contribution in [0.1, 0.15) is 73.6 Å². The van der Waals surface area contributed by atoms with Crippen molar-refractivity contribution >= 4 is 67.1 Å². The van der Waals surface area contributed by atoms with Gasteiger partial charge in [0.1, 0.15) is 16.7 Å². The summed E-state index contributed by atoms with van der Waals surface area (Å²) in [5.74, 6) is 0. The maximum absolute atomic E-state index is 7.21. The van der Waals surface area contributed by atoms with E-state index in [0.29, 0.717) is 5.71 Å². The van der Waals surface area contributed by atoms with E-state index < -0.39 is 5.41 Å². The van der Waals surface area contributed by atoms with Gasteiger partial charge in [0.25, 0.3) is 0 Å². The van der Waals surface area contributed by atoms with Crippen LogP contribution >= 0.6 is 0 Å². The predicted octanol–water partition coefficient (Wildman–Crippen LogP) is 15.3. The van der Waals surface area contributed by atoms with Crippen molar-refractivity contribution in [2.24, 2.45) is 0 Å². The lowest BCUT2D eigenvalue weighted by atomic mass is 9.67. The topological polar surface area (TPSA) is 42.4 Å². The van der Waals surface area contributed by atoms with Crippen LogP contribution in [0.3, 0.4) is 0 Å². The van der Waals surface area contributed by atoms with Crippen LogP contribution < -0.4 is 4.90 Å². The van der Waals surface area contributed by atoms with E-state index in [-0.39, 0.29) is 10.8 Å². The summed E-state index contributed by atoms with van der Waals surface area (Å²) in [6.07, 6.45) is 6.48. The molecule has 12 rings (SSSR count). The summed E-state index contributed by atoms with van der Waals surface area (Å²) in [5, 5.41) is 4.19. The Morgan fingerprint density at radius 3 is 1.98 bits per heavy atom. The van der Waals surface area contributed by atoms with Crippen molar-refractivity contribution in [1.29, 1.82) is 0 Å². The minimum absolute atomic E-state index is 0.0105. The molecule has 4 heteroatoms. The molecule has 0 radical (unpaired) electrons. The normalized spacial score (nSPS) is 14.8. The smallest absolute Gasteiger partial charge is 0.227 e. The predicted molar refractivity (Wildman–Crippen MR) is 252 cm³/mol. The Kier molecular flexibility index (Phi) is 7.43. The number of fused-ring (bicyclic) bond motifs is 12. The molecule has 0 aliphatic heterocycles. The number of hydrogen-bond acceptors (Lipinski definition) is 4. The number of aromatic nitrogens is 1. The Bertz CT molecular complexity index is 3380. The lowest BCUT2D eigenvalue weighted by Gasteiger charge is -2.35. The molecular weight excluding hydrogens is 745 g/mol. The van der Waals surface area contributed by atoms with Gasteiger partial charge in [-0.15, -0.1) is 0 Å². The zero-order valence-electron chi connectivity index (χ0n) is 35.0. The molecule has 2 aliphatic rings. The number of benzene rings is 7. The maximum atomic E-state index is 7.21. The SMILES string of the molecule is CC(C)(C)c1ccc(N(c2ccc3c(c2)oc2ccccc23)c2cc3c(c4oc5ncccc5c24)-c2c(ccc4c2C(C)(C)C=C4)C3(c2ccccc2)c2ccccc2)cc1. The van der Waals surface area contributed by atoms with Crippen LogP contribution in [-0.4, -0.2) is 4.98 Å². The number of anilines is 3. The van der Waals surface area contributed by atoms with Gasteiger partial charge in [-0.2, -0.15) is 0 Å². The van der Waals surface area contributed by atoms with Gasteiger partial charge in [-0.1, -0.05) is 150 Å². The number of hydrogen-bond donors (Lipinski definition) is 0. The Labute approximate surface area is 355 Å². The minimum Gasteiger partial charge on any atom is -0.456 e. The van der Waals surface area contributed by atoms with Gasteiger partial charge in [0.15, 0.2) is 0 Å². The third-order valence-corrected chi connectivity index (χ3v) is 13.4. The molecule has 0 fully saturated rings. The molecule has 294 valence electrons. The first-order valence-corrected chi connectivity index (χ1v) is 21.3. The summed E-state index contributed by atoms with van der Waals surface area (Å²) < 4.78 is 13.8. The van der Waals surface area contributed by atoms with Gasteiger partial charge >= 0.3 is 0 Å². The molecule has 0 saturated carbocycles. The van der Waals surface area contributed by atoms with Crippen molar-refractivity contribution in [3.05, 3.63) is 209 Å². The van der Waals surface area contributed by atoms with Gasteiger partial charge in [-0.3, -0.25) is 0 Å². The standard InChI is InChI=1S/C57H44N2O2/c1-55(2,3)36-23-25-39(26-24-36)59(40-27-28-42-41-19-12-13-21-47(41)60-48(42)33-40)46-34-45-51(53-49(46)43-20-14-32-58-54(43)61-53)50-44(29-22-35-30-31-56(4,5)52(35)50)57(45,37-15-8-6-9-16-37)38-17-10-7-11-18-38/h6-34H,1-5H3. The number of rotatable bonds is 5. The molecule has 3 heterocycles. The highest BCUT2D eigenvalue weighted by atomic mass is 16.3. The minimum atomic E-state index is -0.680. The molecule has 3 aromatic heterocycles. The Hall–Kier alpha value is -7.17.